The lowest BCUT2D eigenvalue weighted by molar-refractivity contribution is -0.118. The Bertz CT molecular complexity index is 1040. The highest BCUT2D eigenvalue weighted by Crippen LogP contribution is 2.31. The quantitative estimate of drug-likeness (QED) is 0.373. The van der Waals surface area contributed by atoms with Crippen LogP contribution in [-0.4, -0.2) is 23.2 Å². The van der Waals surface area contributed by atoms with Gasteiger partial charge < -0.3 is 10.6 Å². The van der Waals surface area contributed by atoms with E-state index in [1.165, 1.54) is 0 Å². The molecule has 1 fully saturated rings. The predicted octanol–water partition coefficient (Wildman–Crippen LogP) is 6.57. The van der Waals surface area contributed by atoms with Crippen molar-refractivity contribution < 1.29 is 4.79 Å². The molecule has 0 spiro atoms. The van der Waals surface area contributed by atoms with E-state index in [9.17, 15) is 4.79 Å². The van der Waals surface area contributed by atoms with E-state index in [4.69, 9.17) is 46.4 Å². The normalized spacial score (nSPS) is 18.6. The number of hydrogen-bond donors (Lipinski definition) is 2. The topological polar surface area (TPSA) is 65.8 Å². The van der Waals surface area contributed by atoms with E-state index in [1.807, 2.05) is 26.8 Å². The summed E-state index contributed by atoms with van der Waals surface area (Å²) in [7, 11) is 0. The second kappa shape index (κ2) is 9.15. The lowest BCUT2D eigenvalue weighted by Crippen LogP contribution is -2.27. The maximum Gasteiger partial charge on any atom is 0.226 e. The molecule has 0 aromatic heterocycles. The summed E-state index contributed by atoms with van der Waals surface area (Å²) in [5.41, 5.74) is 1.10. The summed E-state index contributed by atoms with van der Waals surface area (Å²) < 4.78 is 0. The molecule has 9 heteroatoms. The number of guanidine groups is 1. The first-order valence-corrected chi connectivity index (χ1v) is 10.7. The van der Waals surface area contributed by atoms with E-state index in [0.717, 1.165) is 5.56 Å². The first-order valence-electron chi connectivity index (χ1n) is 9.17. The lowest BCUT2D eigenvalue weighted by atomic mass is 9.97. The number of anilines is 1. The van der Waals surface area contributed by atoms with Crippen molar-refractivity contribution in [1.82, 2.24) is 5.32 Å². The zero-order valence-electron chi connectivity index (χ0n) is 16.6. The number of halogens is 4. The number of hydrogen-bond acceptors (Lipinski definition) is 2. The van der Waals surface area contributed by atoms with Crippen molar-refractivity contribution in [3.8, 4) is 0 Å². The maximum absolute atomic E-state index is 12.2. The van der Waals surface area contributed by atoms with Crippen molar-refractivity contribution in [2.24, 2.45) is 9.98 Å². The van der Waals surface area contributed by atoms with E-state index < -0.39 is 5.54 Å². The van der Waals surface area contributed by atoms with Crippen molar-refractivity contribution >= 4 is 69.8 Å². The van der Waals surface area contributed by atoms with Gasteiger partial charge in [0.15, 0.2) is 0 Å². The first kappa shape index (κ1) is 22.9. The van der Waals surface area contributed by atoms with E-state index >= 15 is 0 Å². The highest BCUT2D eigenvalue weighted by molar-refractivity contribution is 6.42. The Morgan fingerprint density at radius 1 is 1.00 bits per heavy atom. The number of aliphatic imine (C=N–C) groups is 2. The van der Waals surface area contributed by atoms with E-state index in [0.29, 0.717) is 37.6 Å². The Labute approximate surface area is 195 Å². The molecule has 0 aliphatic carbocycles. The predicted molar refractivity (Wildman–Crippen MR) is 127 cm³/mol. The molecule has 2 N–H and O–H groups in total. The molecule has 1 saturated heterocycles. The fourth-order valence-corrected chi connectivity index (χ4v) is 3.49. The molecular formula is C21H20Cl4N4O. The van der Waals surface area contributed by atoms with Crippen LogP contribution in [0.4, 0.5) is 5.69 Å². The Morgan fingerprint density at radius 2 is 1.63 bits per heavy atom. The molecule has 0 saturated carbocycles. The largest absolute Gasteiger partial charge is 0.324 e. The van der Waals surface area contributed by atoms with Gasteiger partial charge in [-0.05, 0) is 56.7 Å². The van der Waals surface area contributed by atoms with Crippen LogP contribution in [0.1, 0.15) is 38.7 Å². The van der Waals surface area contributed by atoms with Crippen molar-refractivity contribution in [1.29, 1.82) is 0 Å². The molecule has 2 aromatic rings. The van der Waals surface area contributed by atoms with Gasteiger partial charge >= 0.3 is 0 Å². The maximum atomic E-state index is 12.2. The summed E-state index contributed by atoms with van der Waals surface area (Å²) >= 11 is 24.3. The number of rotatable bonds is 2. The summed E-state index contributed by atoms with van der Waals surface area (Å²) in [6.07, 6.45) is 0.256. The number of benzene rings is 2. The molecule has 1 aliphatic heterocycles. The van der Waals surface area contributed by atoms with Gasteiger partial charge in [-0.3, -0.25) is 4.79 Å². The number of carbonyl (C=O) groups excluding carboxylic acids is 1. The Balaban J connectivity index is 1.99. The molecule has 2 aromatic carbocycles. The SMILES string of the molecule is CC(C)(C)N=C(/N=C1/NC(=O)CC1c1ccc(Cl)c(Cl)c1)Nc1ccc(Cl)c(Cl)c1. The molecule has 1 heterocycles. The minimum Gasteiger partial charge on any atom is -0.324 e. The molecule has 158 valence electrons. The van der Waals surface area contributed by atoms with Gasteiger partial charge in [0.05, 0.1) is 31.5 Å². The summed E-state index contributed by atoms with van der Waals surface area (Å²) in [6, 6.07) is 10.4. The zero-order valence-corrected chi connectivity index (χ0v) is 19.6. The number of amides is 1. The van der Waals surface area contributed by atoms with E-state index in [-0.39, 0.29) is 18.2 Å². The van der Waals surface area contributed by atoms with Gasteiger partial charge in [0.25, 0.3) is 0 Å². The number of amidine groups is 1. The van der Waals surface area contributed by atoms with Crippen LogP contribution in [0, 0.1) is 0 Å². The third-order valence-electron chi connectivity index (χ3n) is 4.18. The van der Waals surface area contributed by atoms with Crippen LogP contribution in [-0.2, 0) is 4.79 Å². The summed E-state index contributed by atoms with van der Waals surface area (Å²) in [4.78, 5) is 21.4. The highest BCUT2D eigenvalue weighted by Gasteiger charge is 2.31. The van der Waals surface area contributed by atoms with E-state index in [1.54, 1.807) is 30.3 Å². The lowest BCUT2D eigenvalue weighted by Gasteiger charge is -2.17. The van der Waals surface area contributed by atoms with Crippen molar-refractivity contribution in [3.63, 3.8) is 0 Å². The molecule has 1 unspecified atom stereocenters. The minimum absolute atomic E-state index is 0.130. The summed E-state index contributed by atoms with van der Waals surface area (Å²) in [5.74, 6) is 0.402. The van der Waals surface area contributed by atoms with Crippen LogP contribution in [0.3, 0.4) is 0 Å². The van der Waals surface area contributed by atoms with Gasteiger partial charge in [0, 0.05) is 12.1 Å². The molecule has 3 rings (SSSR count). The standard InChI is InChI=1S/C21H20Cl4N4O/c1-21(2,3)29-20(26-12-5-7-15(23)17(25)9-12)28-19-13(10-18(30)27-19)11-4-6-14(22)16(24)8-11/h4-9,13H,10H2,1-3H3,(H2,26,27,28,29,30). The van der Waals surface area contributed by atoms with Crippen molar-refractivity contribution in [3.05, 3.63) is 62.1 Å². The second-order valence-electron chi connectivity index (χ2n) is 7.84. The smallest absolute Gasteiger partial charge is 0.226 e. The summed E-state index contributed by atoms with van der Waals surface area (Å²) in [6.45, 7) is 5.86. The Morgan fingerprint density at radius 3 is 2.23 bits per heavy atom. The number of nitrogens with one attached hydrogen (secondary N) is 2. The van der Waals surface area contributed by atoms with Gasteiger partial charge in [-0.2, -0.15) is 4.99 Å². The molecule has 1 atom stereocenters. The molecule has 30 heavy (non-hydrogen) atoms. The number of nitrogens with zero attached hydrogens (tertiary/aromatic N) is 2. The molecule has 1 amide bonds. The average molecular weight is 486 g/mol. The third kappa shape index (κ3) is 5.88. The van der Waals surface area contributed by atoms with Gasteiger partial charge in [-0.1, -0.05) is 52.5 Å². The Kier molecular flexibility index (Phi) is 6.98. The molecular weight excluding hydrogens is 466 g/mol. The molecule has 0 bridgehead atoms. The monoisotopic (exact) mass is 484 g/mol. The van der Waals surface area contributed by atoms with Gasteiger partial charge in [0.1, 0.15) is 5.84 Å². The Hall–Kier alpha value is -1.79. The van der Waals surface area contributed by atoms with Crippen LogP contribution < -0.4 is 10.6 Å². The highest BCUT2D eigenvalue weighted by atomic mass is 35.5. The van der Waals surface area contributed by atoms with Crippen LogP contribution in [0.25, 0.3) is 0 Å². The van der Waals surface area contributed by atoms with Crippen LogP contribution in [0.15, 0.2) is 46.4 Å². The van der Waals surface area contributed by atoms with Gasteiger partial charge in [0.2, 0.25) is 11.9 Å². The summed E-state index contributed by atoms with van der Waals surface area (Å²) in [5, 5.41) is 7.72. The van der Waals surface area contributed by atoms with Crippen molar-refractivity contribution in [2.45, 2.75) is 38.6 Å². The van der Waals surface area contributed by atoms with Gasteiger partial charge in [-0.15, -0.1) is 0 Å². The fraction of sp³-hybridized carbons (Fsp3) is 0.286. The molecule has 0 radical (unpaired) electrons. The third-order valence-corrected chi connectivity index (χ3v) is 5.65. The molecule has 1 aliphatic rings. The van der Waals surface area contributed by atoms with Crippen LogP contribution in [0.2, 0.25) is 20.1 Å². The second-order valence-corrected chi connectivity index (χ2v) is 9.46. The van der Waals surface area contributed by atoms with Gasteiger partial charge in [-0.25, -0.2) is 4.99 Å². The molecule has 5 nitrogen and oxygen atoms in total. The van der Waals surface area contributed by atoms with E-state index in [2.05, 4.69) is 20.6 Å². The van der Waals surface area contributed by atoms with Crippen LogP contribution >= 0.6 is 46.4 Å². The number of carbonyl (C=O) groups is 1. The van der Waals surface area contributed by atoms with Crippen molar-refractivity contribution in [2.75, 3.05) is 5.32 Å². The van der Waals surface area contributed by atoms with Crippen LogP contribution in [0.5, 0.6) is 0 Å². The zero-order chi connectivity index (χ0) is 22.1. The minimum atomic E-state index is -0.412. The fourth-order valence-electron chi connectivity index (χ4n) is 2.89. The first-order chi connectivity index (χ1) is 14.0. The average Bonchev–Trinajstić information content (AvgIpc) is 2.99.